The lowest BCUT2D eigenvalue weighted by atomic mass is 9.82. The van der Waals surface area contributed by atoms with Crippen molar-refractivity contribution in [2.75, 3.05) is 6.54 Å². The molecule has 0 aromatic heterocycles. The van der Waals surface area contributed by atoms with Crippen molar-refractivity contribution in [2.45, 2.75) is 58.4 Å². The van der Waals surface area contributed by atoms with E-state index in [-0.39, 0.29) is 24.3 Å². The quantitative estimate of drug-likeness (QED) is 0.367. The van der Waals surface area contributed by atoms with Crippen molar-refractivity contribution in [1.82, 2.24) is 15.5 Å². The van der Waals surface area contributed by atoms with Crippen LogP contribution in [0.3, 0.4) is 0 Å². The van der Waals surface area contributed by atoms with Crippen LogP contribution in [0.25, 0.3) is 0 Å². The van der Waals surface area contributed by atoms with Crippen molar-refractivity contribution in [3.63, 3.8) is 0 Å². The zero-order valence-corrected chi connectivity index (χ0v) is 21.5. The van der Waals surface area contributed by atoms with Crippen LogP contribution in [0.4, 0.5) is 0 Å². The fraction of sp³-hybridized carbons (Fsp3) is 0.393. The van der Waals surface area contributed by atoms with Gasteiger partial charge in [0.25, 0.3) is 11.8 Å². The average molecular weight is 510 g/mol. The van der Waals surface area contributed by atoms with Crippen LogP contribution in [0.15, 0.2) is 60.8 Å². The summed E-state index contributed by atoms with van der Waals surface area (Å²) in [5.74, 6) is -1.88. The van der Waals surface area contributed by atoms with Crippen LogP contribution in [0.1, 0.15) is 42.3 Å². The summed E-state index contributed by atoms with van der Waals surface area (Å²) >= 11 is 0. The molecule has 0 unspecified atom stereocenters. The van der Waals surface area contributed by atoms with Gasteiger partial charge < -0.3 is 30.9 Å². The van der Waals surface area contributed by atoms with Gasteiger partial charge in [-0.15, -0.1) is 0 Å². The lowest BCUT2D eigenvalue weighted by molar-refractivity contribution is -0.147. The number of allylic oxidation sites excluding steroid dienone is 1. The summed E-state index contributed by atoms with van der Waals surface area (Å²) in [5.41, 5.74) is 0.373. The molecule has 0 bridgehead atoms. The van der Waals surface area contributed by atoms with Gasteiger partial charge in [0.05, 0.1) is 12.1 Å². The Balaban J connectivity index is 1.92. The molecule has 1 saturated heterocycles. The van der Waals surface area contributed by atoms with Crippen molar-refractivity contribution >= 4 is 17.7 Å². The molecule has 9 nitrogen and oxygen atoms in total. The molecule has 1 aliphatic heterocycles. The largest absolute Gasteiger partial charge is 0.508 e. The molecule has 0 aliphatic carbocycles. The van der Waals surface area contributed by atoms with Crippen molar-refractivity contribution in [2.24, 2.45) is 5.41 Å². The molecule has 0 saturated carbocycles. The average Bonchev–Trinajstić information content (AvgIpc) is 3.11. The second-order valence-electron chi connectivity index (χ2n) is 9.90. The number of amides is 3. The number of carbonyl (C=O) groups is 3. The van der Waals surface area contributed by atoms with Crippen LogP contribution in [0, 0.1) is 12.3 Å². The normalized spacial score (nSPS) is 20.4. The van der Waals surface area contributed by atoms with Gasteiger partial charge in [-0.25, -0.2) is 0 Å². The lowest BCUT2D eigenvalue weighted by Gasteiger charge is -2.34. The van der Waals surface area contributed by atoms with E-state index in [1.807, 2.05) is 30.3 Å². The van der Waals surface area contributed by atoms with Gasteiger partial charge in [-0.1, -0.05) is 56.3 Å². The Morgan fingerprint density at radius 3 is 2.46 bits per heavy atom. The fourth-order valence-corrected chi connectivity index (χ4v) is 4.62. The standard InChI is InChI=1S/C28H35N3O6/c1-5-14-29-26(36)24-28(3,4)22(33)16-31(24)27(37)23(34)20(15-18-10-7-6-8-11-18)30-25(35)19-12-9-13-21(32)17(19)2/h5-14,20,22-24,32-34H,15-16H2,1-4H3,(H,29,36)(H,30,35)/b14-5-/t20-,22+,23-,24+/m0/s1. The number of hydrogen-bond donors (Lipinski definition) is 5. The first-order chi connectivity index (χ1) is 17.5. The number of phenols is 1. The minimum absolute atomic E-state index is 0.0489. The van der Waals surface area contributed by atoms with Crippen molar-refractivity contribution in [1.29, 1.82) is 0 Å². The first-order valence-electron chi connectivity index (χ1n) is 12.2. The molecule has 3 rings (SSSR count). The van der Waals surface area contributed by atoms with E-state index in [0.717, 1.165) is 5.56 Å². The Bertz CT molecular complexity index is 1160. The number of aliphatic hydroxyl groups is 2. The molecule has 198 valence electrons. The number of benzene rings is 2. The van der Waals surface area contributed by atoms with Crippen LogP contribution in [-0.4, -0.2) is 68.8 Å². The summed E-state index contributed by atoms with van der Waals surface area (Å²) in [6.45, 7) is 6.55. The van der Waals surface area contributed by atoms with Crippen molar-refractivity contribution in [3.05, 3.63) is 77.5 Å². The molecule has 1 fully saturated rings. The van der Waals surface area contributed by atoms with Crippen molar-refractivity contribution in [3.8, 4) is 5.75 Å². The number of β-amino-alcohol motifs (C(OH)–C–C–N with tert-alkyl or cyclic N) is 1. The fourth-order valence-electron chi connectivity index (χ4n) is 4.62. The van der Waals surface area contributed by atoms with E-state index in [0.29, 0.717) is 5.56 Å². The van der Waals surface area contributed by atoms with E-state index in [2.05, 4.69) is 10.6 Å². The number of aromatic hydroxyl groups is 1. The zero-order valence-electron chi connectivity index (χ0n) is 21.5. The van der Waals surface area contributed by atoms with Gasteiger partial charge >= 0.3 is 0 Å². The maximum absolute atomic E-state index is 13.6. The number of hydrogen-bond acceptors (Lipinski definition) is 6. The third-order valence-corrected chi connectivity index (χ3v) is 6.97. The number of phenolic OH excluding ortho intramolecular Hbond substituents is 1. The molecular weight excluding hydrogens is 474 g/mol. The predicted molar refractivity (Wildman–Crippen MR) is 138 cm³/mol. The molecule has 3 amide bonds. The summed E-state index contributed by atoms with van der Waals surface area (Å²) < 4.78 is 0. The van der Waals surface area contributed by atoms with Gasteiger partial charge in [0.15, 0.2) is 6.10 Å². The third-order valence-electron chi connectivity index (χ3n) is 6.97. The highest BCUT2D eigenvalue weighted by Gasteiger charge is 2.54. The third kappa shape index (κ3) is 6.00. The number of rotatable bonds is 8. The number of aliphatic hydroxyl groups excluding tert-OH is 2. The van der Waals surface area contributed by atoms with Gasteiger partial charge in [-0.05, 0) is 44.2 Å². The summed E-state index contributed by atoms with van der Waals surface area (Å²) in [5, 5.41) is 37.3. The second kappa shape index (κ2) is 11.6. The monoisotopic (exact) mass is 509 g/mol. The molecule has 4 atom stereocenters. The highest BCUT2D eigenvalue weighted by molar-refractivity contribution is 5.97. The highest BCUT2D eigenvalue weighted by Crippen LogP contribution is 2.37. The van der Waals surface area contributed by atoms with E-state index in [1.165, 1.54) is 23.2 Å². The maximum atomic E-state index is 13.6. The van der Waals surface area contributed by atoms with E-state index in [1.54, 1.807) is 39.8 Å². The molecule has 9 heteroatoms. The van der Waals surface area contributed by atoms with E-state index < -0.39 is 47.4 Å². The lowest BCUT2D eigenvalue weighted by Crippen LogP contribution is -2.57. The van der Waals surface area contributed by atoms with Gasteiger partial charge in [0.2, 0.25) is 5.91 Å². The first kappa shape index (κ1) is 27.9. The van der Waals surface area contributed by atoms with Gasteiger partial charge in [0.1, 0.15) is 11.8 Å². The molecule has 2 aromatic carbocycles. The zero-order chi connectivity index (χ0) is 27.3. The van der Waals surface area contributed by atoms with Gasteiger partial charge in [0, 0.05) is 23.1 Å². The summed E-state index contributed by atoms with van der Waals surface area (Å²) in [7, 11) is 0. The van der Waals surface area contributed by atoms with Crippen LogP contribution in [0.2, 0.25) is 0 Å². The maximum Gasteiger partial charge on any atom is 0.254 e. The molecule has 2 aromatic rings. The Morgan fingerprint density at radius 2 is 1.81 bits per heavy atom. The van der Waals surface area contributed by atoms with Crippen LogP contribution < -0.4 is 10.6 Å². The van der Waals surface area contributed by atoms with Crippen LogP contribution in [-0.2, 0) is 16.0 Å². The van der Waals surface area contributed by atoms with Gasteiger partial charge in [-0.2, -0.15) is 0 Å². The van der Waals surface area contributed by atoms with Crippen molar-refractivity contribution < 1.29 is 29.7 Å². The molecule has 0 spiro atoms. The summed E-state index contributed by atoms with van der Waals surface area (Å²) in [4.78, 5) is 40.9. The Labute approximate surface area is 216 Å². The highest BCUT2D eigenvalue weighted by atomic mass is 16.3. The number of likely N-dealkylation sites (tertiary alicyclic amines) is 1. The molecule has 0 radical (unpaired) electrons. The molecule has 37 heavy (non-hydrogen) atoms. The molecule has 5 N–H and O–H groups in total. The summed E-state index contributed by atoms with van der Waals surface area (Å²) in [6.07, 6.45) is 0.499. The first-order valence-corrected chi connectivity index (χ1v) is 12.2. The summed E-state index contributed by atoms with van der Waals surface area (Å²) in [6, 6.07) is 11.5. The topological polar surface area (TPSA) is 139 Å². The number of carbonyl (C=O) groups excluding carboxylic acids is 3. The minimum atomic E-state index is -1.71. The van der Waals surface area contributed by atoms with Gasteiger partial charge in [-0.3, -0.25) is 14.4 Å². The smallest absolute Gasteiger partial charge is 0.254 e. The number of nitrogens with zero attached hydrogens (tertiary/aromatic N) is 1. The number of nitrogens with one attached hydrogen (secondary N) is 2. The Morgan fingerprint density at radius 1 is 1.14 bits per heavy atom. The Hall–Kier alpha value is -3.69. The van der Waals surface area contributed by atoms with E-state index in [9.17, 15) is 29.7 Å². The van der Waals surface area contributed by atoms with E-state index >= 15 is 0 Å². The second-order valence-corrected chi connectivity index (χ2v) is 9.90. The predicted octanol–water partition coefficient (Wildman–Crippen LogP) is 1.65. The molecule has 1 heterocycles. The van der Waals surface area contributed by atoms with E-state index in [4.69, 9.17) is 0 Å². The van der Waals surface area contributed by atoms with Crippen LogP contribution in [0.5, 0.6) is 5.75 Å². The Kier molecular flexibility index (Phi) is 8.73. The SMILES string of the molecule is C/C=C\NC(=O)[C@H]1N(C(=O)[C@@H](O)[C@H](Cc2ccccc2)NC(=O)c2cccc(O)c2C)C[C@@H](O)C1(C)C. The molecular formula is C28H35N3O6. The van der Waals surface area contributed by atoms with Crippen LogP contribution >= 0.6 is 0 Å². The molecule has 1 aliphatic rings. The minimum Gasteiger partial charge on any atom is -0.508 e.